The van der Waals surface area contributed by atoms with Crippen molar-refractivity contribution in [2.45, 2.75) is 25.7 Å². The van der Waals surface area contributed by atoms with Gasteiger partial charge in [0.05, 0.1) is 0 Å². The smallest absolute Gasteiger partial charge is 0.309 e. The zero-order valence-electron chi connectivity index (χ0n) is 12.2. The van der Waals surface area contributed by atoms with Crippen LogP contribution in [0.25, 0.3) is 0 Å². The molecule has 2 amide bonds. The minimum atomic E-state index is -0.498. The van der Waals surface area contributed by atoms with Crippen molar-refractivity contribution in [3.05, 3.63) is 0 Å². The summed E-state index contributed by atoms with van der Waals surface area (Å²) in [5.41, 5.74) is 0. The fourth-order valence-corrected chi connectivity index (χ4v) is 2.07. The monoisotopic (exact) mass is 282 g/mol. The summed E-state index contributed by atoms with van der Waals surface area (Å²) < 4.78 is 0. The van der Waals surface area contributed by atoms with Crippen LogP contribution in [0.2, 0.25) is 0 Å². The molecule has 0 aliphatic carbocycles. The van der Waals surface area contributed by atoms with Crippen LogP contribution >= 0.6 is 0 Å². The van der Waals surface area contributed by atoms with E-state index in [0.717, 1.165) is 38.8 Å². The summed E-state index contributed by atoms with van der Waals surface area (Å²) in [6, 6.07) is 0. The average Bonchev–Trinajstić information content (AvgIpc) is 3.31. The summed E-state index contributed by atoms with van der Waals surface area (Å²) in [5, 5.41) is 5.34. The van der Waals surface area contributed by atoms with E-state index < -0.39 is 11.8 Å². The molecule has 6 heteroatoms. The predicted molar refractivity (Wildman–Crippen MR) is 77.4 cm³/mol. The van der Waals surface area contributed by atoms with Crippen LogP contribution in [0.15, 0.2) is 0 Å². The lowest BCUT2D eigenvalue weighted by atomic mass is 10.3. The van der Waals surface area contributed by atoms with Crippen LogP contribution in [-0.4, -0.2) is 74.0 Å². The van der Waals surface area contributed by atoms with Gasteiger partial charge in [0.25, 0.3) is 0 Å². The van der Waals surface area contributed by atoms with E-state index in [1.165, 1.54) is 26.2 Å². The molecule has 2 fully saturated rings. The van der Waals surface area contributed by atoms with Gasteiger partial charge < -0.3 is 20.4 Å². The van der Waals surface area contributed by atoms with Gasteiger partial charge >= 0.3 is 11.8 Å². The number of carbonyl (C=O) groups is 2. The number of nitrogens with one attached hydrogen (secondary N) is 2. The molecular formula is C14H26N4O2. The van der Waals surface area contributed by atoms with E-state index in [9.17, 15) is 9.59 Å². The topological polar surface area (TPSA) is 64.2 Å². The third-order valence-corrected chi connectivity index (χ3v) is 3.66. The van der Waals surface area contributed by atoms with Crippen LogP contribution in [0.5, 0.6) is 0 Å². The van der Waals surface area contributed by atoms with Gasteiger partial charge in [0.1, 0.15) is 0 Å². The van der Waals surface area contributed by atoms with E-state index in [4.69, 9.17) is 0 Å². The second-order valence-corrected chi connectivity index (χ2v) is 5.61. The predicted octanol–water partition coefficient (Wildman–Crippen LogP) is -0.590. The molecule has 2 aliphatic heterocycles. The van der Waals surface area contributed by atoms with Crippen molar-refractivity contribution in [3.8, 4) is 0 Å². The van der Waals surface area contributed by atoms with Gasteiger partial charge in [-0.2, -0.15) is 0 Å². The van der Waals surface area contributed by atoms with Crippen LogP contribution in [-0.2, 0) is 9.59 Å². The quantitative estimate of drug-likeness (QED) is 0.319. The third kappa shape index (κ3) is 6.86. The number of unbranched alkanes of at least 4 members (excludes halogenated alkanes) is 2. The largest absolute Gasteiger partial charge is 0.348 e. The Hall–Kier alpha value is -1.14. The Labute approximate surface area is 120 Å². The van der Waals surface area contributed by atoms with Gasteiger partial charge in [0.2, 0.25) is 0 Å². The van der Waals surface area contributed by atoms with Crippen molar-refractivity contribution in [1.29, 1.82) is 0 Å². The van der Waals surface area contributed by atoms with Gasteiger partial charge in [-0.25, -0.2) is 0 Å². The Balaban J connectivity index is 1.38. The Morgan fingerprint density at radius 1 is 0.700 bits per heavy atom. The first-order valence-corrected chi connectivity index (χ1v) is 7.76. The van der Waals surface area contributed by atoms with E-state index in [0.29, 0.717) is 13.1 Å². The van der Waals surface area contributed by atoms with E-state index in [2.05, 4.69) is 20.4 Å². The second-order valence-electron chi connectivity index (χ2n) is 5.61. The molecular weight excluding hydrogens is 256 g/mol. The molecule has 114 valence electrons. The zero-order chi connectivity index (χ0) is 14.2. The normalized spacial score (nSPS) is 17.8. The van der Waals surface area contributed by atoms with Gasteiger partial charge in [-0.1, -0.05) is 0 Å². The number of amides is 2. The standard InChI is InChI=1S/C14H26N4O2/c19-13(15-5-1-3-7-17-9-10-17)14(20)16-6-2-4-8-18-11-12-18/h1-12H2,(H,15,19)(H,16,20). The first-order valence-electron chi connectivity index (χ1n) is 7.76. The van der Waals surface area contributed by atoms with Gasteiger partial charge in [-0.05, 0) is 38.8 Å². The van der Waals surface area contributed by atoms with E-state index >= 15 is 0 Å². The molecule has 0 unspecified atom stereocenters. The van der Waals surface area contributed by atoms with E-state index in [-0.39, 0.29) is 0 Å². The minimum absolute atomic E-state index is 0.498. The lowest BCUT2D eigenvalue weighted by Gasteiger charge is -2.07. The van der Waals surface area contributed by atoms with Crippen molar-refractivity contribution in [2.24, 2.45) is 0 Å². The van der Waals surface area contributed by atoms with Gasteiger partial charge in [-0.15, -0.1) is 0 Å². The summed E-state index contributed by atoms with van der Waals surface area (Å²) in [6.45, 7) is 8.26. The summed E-state index contributed by atoms with van der Waals surface area (Å²) in [4.78, 5) is 27.7. The number of nitrogens with zero attached hydrogens (tertiary/aromatic N) is 2. The molecule has 2 N–H and O–H groups in total. The first kappa shape index (κ1) is 15.3. The maximum absolute atomic E-state index is 11.5. The highest BCUT2D eigenvalue weighted by Gasteiger charge is 2.17. The molecule has 0 bridgehead atoms. The lowest BCUT2D eigenvalue weighted by Crippen LogP contribution is -2.40. The summed E-state index contributed by atoms with van der Waals surface area (Å²) in [6.07, 6.45) is 4.04. The maximum atomic E-state index is 11.5. The van der Waals surface area contributed by atoms with Crippen molar-refractivity contribution >= 4 is 11.8 Å². The van der Waals surface area contributed by atoms with Crippen LogP contribution < -0.4 is 10.6 Å². The Kier molecular flexibility index (Phi) is 6.26. The van der Waals surface area contributed by atoms with Gasteiger partial charge in [0, 0.05) is 39.3 Å². The Morgan fingerprint density at radius 3 is 1.45 bits per heavy atom. The molecule has 2 heterocycles. The third-order valence-electron chi connectivity index (χ3n) is 3.66. The first-order chi connectivity index (χ1) is 9.75. The second kappa shape index (κ2) is 8.21. The summed E-state index contributed by atoms with van der Waals surface area (Å²) in [7, 11) is 0. The fourth-order valence-electron chi connectivity index (χ4n) is 2.07. The van der Waals surface area contributed by atoms with Crippen molar-refractivity contribution in [1.82, 2.24) is 20.4 Å². The number of rotatable bonds is 10. The number of hydrogen-bond donors (Lipinski definition) is 2. The number of carbonyl (C=O) groups excluding carboxylic acids is 2. The summed E-state index contributed by atoms with van der Waals surface area (Å²) in [5.74, 6) is -0.995. The molecule has 0 aromatic heterocycles. The Bertz CT molecular complexity index is 295. The molecule has 0 aromatic carbocycles. The highest BCUT2D eigenvalue weighted by molar-refractivity contribution is 6.35. The Morgan fingerprint density at radius 2 is 1.10 bits per heavy atom. The molecule has 0 saturated carbocycles. The van der Waals surface area contributed by atoms with Gasteiger partial charge in [-0.3, -0.25) is 9.59 Å². The van der Waals surface area contributed by atoms with Crippen LogP contribution in [0.4, 0.5) is 0 Å². The molecule has 20 heavy (non-hydrogen) atoms. The molecule has 6 nitrogen and oxygen atoms in total. The molecule has 0 radical (unpaired) electrons. The molecule has 2 saturated heterocycles. The van der Waals surface area contributed by atoms with E-state index in [1.807, 2.05) is 0 Å². The molecule has 0 spiro atoms. The SMILES string of the molecule is O=C(NCCCCN1CC1)C(=O)NCCCCN1CC1. The van der Waals surface area contributed by atoms with Gasteiger partial charge in [0.15, 0.2) is 0 Å². The van der Waals surface area contributed by atoms with Crippen LogP contribution in [0.1, 0.15) is 25.7 Å². The minimum Gasteiger partial charge on any atom is -0.348 e. The van der Waals surface area contributed by atoms with E-state index in [1.54, 1.807) is 0 Å². The van der Waals surface area contributed by atoms with Crippen molar-refractivity contribution in [3.63, 3.8) is 0 Å². The zero-order valence-corrected chi connectivity index (χ0v) is 12.2. The highest BCUT2D eigenvalue weighted by Crippen LogP contribution is 2.05. The fraction of sp³-hybridized carbons (Fsp3) is 0.857. The van der Waals surface area contributed by atoms with Crippen molar-refractivity contribution < 1.29 is 9.59 Å². The maximum Gasteiger partial charge on any atom is 0.309 e. The molecule has 0 aromatic rings. The van der Waals surface area contributed by atoms with Crippen molar-refractivity contribution in [2.75, 3.05) is 52.4 Å². The number of hydrogen-bond acceptors (Lipinski definition) is 4. The average molecular weight is 282 g/mol. The van der Waals surface area contributed by atoms with Crippen LogP contribution in [0.3, 0.4) is 0 Å². The molecule has 2 rings (SSSR count). The molecule has 2 aliphatic rings. The highest BCUT2D eigenvalue weighted by atomic mass is 16.2. The molecule has 0 atom stereocenters. The van der Waals surface area contributed by atoms with Crippen LogP contribution in [0, 0.1) is 0 Å². The summed E-state index contributed by atoms with van der Waals surface area (Å²) >= 11 is 0. The lowest BCUT2D eigenvalue weighted by molar-refractivity contribution is -0.139.